The van der Waals surface area contributed by atoms with Crippen molar-refractivity contribution in [1.29, 1.82) is 0 Å². The molecule has 106 valence electrons. The number of hydrogen-bond donors (Lipinski definition) is 1. The molecular weight excluding hydrogens is 246 g/mol. The molecule has 1 heterocycles. The van der Waals surface area contributed by atoms with Crippen LogP contribution < -0.4 is 4.90 Å². The summed E-state index contributed by atoms with van der Waals surface area (Å²) in [5.74, 6) is 7.12. The number of nitrogens with one attached hydrogen (secondary N) is 1. The molecule has 0 atom stereocenters. The van der Waals surface area contributed by atoms with Crippen molar-refractivity contribution in [3.63, 3.8) is 0 Å². The quantitative estimate of drug-likeness (QED) is 0.766. The summed E-state index contributed by atoms with van der Waals surface area (Å²) in [5.41, 5.74) is 1.32. The summed E-state index contributed by atoms with van der Waals surface area (Å²) in [6.07, 6.45) is 6.53. The van der Waals surface area contributed by atoms with Crippen LogP contribution in [-0.4, -0.2) is 31.8 Å². The maximum absolute atomic E-state index is 5.53. The van der Waals surface area contributed by atoms with E-state index < -0.39 is 0 Å². The van der Waals surface area contributed by atoms with Gasteiger partial charge in [0.05, 0.1) is 13.2 Å². The second-order valence-corrected chi connectivity index (χ2v) is 5.97. The molecule has 1 saturated heterocycles. The second-order valence-electron chi connectivity index (χ2n) is 5.97. The van der Waals surface area contributed by atoms with Gasteiger partial charge in [-0.25, -0.2) is 0 Å². The molecule has 1 aromatic carbocycles. The minimum Gasteiger partial charge on any atom is -0.370 e. The van der Waals surface area contributed by atoms with Crippen LogP contribution in [0.4, 0.5) is 0 Å². The molecule has 2 aliphatic rings. The van der Waals surface area contributed by atoms with Crippen LogP contribution in [-0.2, 0) is 4.74 Å². The number of hydrogen-bond acceptors (Lipinski definition) is 1. The molecule has 0 spiro atoms. The van der Waals surface area contributed by atoms with Gasteiger partial charge in [0.2, 0.25) is 0 Å². The van der Waals surface area contributed by atoms with E-state index in [0.29, 0.717) is 0 Å². The maximum Gasteiger partial charge on any atom is 0.159 e. The van der Waals surface area contributed by atoms with E-state index >= 15 is 0 Å². The van der Waals surface area contributed by atoms with Crippen molar-refractivity contribution in [1.82, 2.24) is 0 Å². The van der Waals surface area contributed by atoms with E-state index in [-0.39, 0.29) is 5.54 Å². The van der Waals surface area contributed by atoms with Gasteiger partial charge in [0.1, 0.15) is 13.1 Å². The topological polar surface area (TPSA) is 13.7 Å². The van der Waals surface area contributed by atoms with Crippen molar-refractivity contribution in [3.8, 4) is 11.8 Å². The van der Waals surface area contributed by atoms with E-state index in [2.05, 4.69) is 42.2 Å². The molecule has 1 N–H and O–H groups in total. The van der Waals surface area contributed by atoms with Crippen molar-refractivity contribution < 1.29 is 9.64 Å². The van der Waals surface area contributed by atoms with Gasteiger partial charge in [0.25, 0.3) is 0 Å². The average Bonchev–Trinajstić information content (AvgIpc) is 2.56. The van der Waals surface area contributed by atoms with Crippen LogP contribution >= 0.6 is 0 Å². The van der Waals surface area contributed by atoms with Gasteiger partial charge in [-0.2, -0.15) is 0 Å². The summed E-state index contributed by atoms with van der Waals surface area (Å²) in [5, 5.41) is 0. The van der Waals surface area contributed by atoms with Crippen molar-refractivity contribution in [2.75, 3.05) is 26.3 Å². The van der Waals surface area contributed by atoms with Crippen LogP contribution in [0.25, 0.3) is 0 Å². The first-order chi connectivity index (χ1) is 9.89. The normalized spacial score (nSPS) is 22.8. The zero-order chi connectivity index (χ0) is 13.7. The lowest BCUT2D eigenvalue weighted by Crippen LogP contribution is -3.22. The lowest BCUT2D eigenvalue weighted by Gasteiger charge is -2.41. The number of benzene rings is 1. The van der Waals surface area contributed by atoms with Crippen molar-refractivity contribution in [3.05, 3.63) is 35.9 Å². The van der Waals surface area contributed by atoms with Gasteiger partial charge in [-0.05, 0) is 30.9 Å². The zero-order valence-electron chi connectivity index (χ0n) is 12.2. The molecule has 0 radical (unpaired) electrons. The van der Waals surface area contributed by atoms with E-state index in [0.717, 1.165) is 31.9 Å². The molecule has 2 fully saturated rings. The Morgan fingerprint density at radius 3 is 2.35 bits per heavy atom. The monoisotopic (exact) mass is 270 g/mol. The van der Waals surface area contributed by atoms with Gasteiger partial charge in [-0.15, -0.1) is 0 Å². The van der Waals surface area contributed by atoms with Crippen LogP contribution in [0.1, 0.15) is 37.7 Å². The van der Waals surface area contributed by atoms with Crippen LogP contribution in [0, 0.1) is 11.8 Å². The molecular formula is C18H24NO+. The molecule has 2 nitrogen and oxygen atoms in total. The standard InChI is InChI=1S/C18H23NO/c1-3-7-17(8-4-1)9-12-18(10-5-2-6-11-18)19-13-15-20-16-14-19/h1,3-4,7-8H,2,5-6,10-11,13-16H2/p+1. The van der Waals surface area contributed by atoms with E-state index in [9.17, 15) is 0 Å². The Morgan fingerprint density at radius 2 is 1.65 bits per heavy atom. The Balaban J connectivity index is 1.84. The molecule has 1 aromatic rings. The number of rotatable bonds is 1. The largest absolute Gasteiger partial charge is 0.370 e. The van der Waals surface area contributed by atoms with Crippen LogP contribution in [0.2, 0.25) is 0 Å². The van der Waals surface area contributed by atoms with Gasteiger partial charge in [0.15, 0.2) is 5.54 Å². The van der Waals surface area contributed by atoms with E-state index in [1.165, 1.54) is 32.1 Å². The van der Waals surface area contributed by atoms with Gasteiger partial charge in [-0.1, -0.05) is 30.5 Å². The summed E-state index contributed by atoms with van der Waals surface area (Å²) < 4.78 is 5.53. The molecule has 0 bridgehead atoms. The molecule has 0 amide bonds. The Kier molecular flexibility index (Phi) is 4.40. The van der Waals surface area contributed by atoms with E-state index in [4.69, 9.17) is 4.74 Å². The third kappa shape index (κ3) is 3.06. The lowest BCUT2D eigenvalue weighted by atomic mass is 9.80. The third-order valence-electron chi connectivity index (χ3n) is 4.70. The molecule has 1 aliphatic heterocycles. The number of ether oxygens (including phenoxy) is 1. The molecule has 2 heteroatoms. The first kappa shape index (κ1) is 13.7. The van der Waals surface area contributed by atoms with Crippen LogP contribution in [0.3, 0.4) is 0 Å². The summed E-state index contributed by atoms with van der Waals surface area (Å²) in [4.78, 5) is 1.66. The predicted octanol–water partition coefficient (Wildman–Crippen LogP) is 1.66. The lowest BCUT2D eigenvalue weighted by molar-refractivity contribution is -0.952. The highest BCUT2D eigenvalue weighted by molar-refractivity contribution is 5.36. The van der Waals surface area contributed by atoms with Crippen molar-refractivity contribution in [2.45, 2.75) is 37.6 Å². The van der Waals surface area contributed by atoms with E-state index in [1.54, 1.807) is 4.90 Å². The maximum atomic E-state index is 5.53. The Morgan fingerprint density at radius 1 is 0.950 bits per heavy atom. The molecule has 1 saturated carbocycles. The smallest absolute Gasteiger partial charge is 0.159 e. The molecule has 1 aliphatic carbocycles. The molecule has 0 aromatic heterocycles. The van der Waals surface area contributed by atoms with Crippen LogP contribution in [0.5, 0.6) is 0 Å². The fourth-order valence-electron chi connectivity index (χ4n) is 3.53. The highest BCUT2D eigenvalue weighted by atomic mass is 16.5. The minimum absolute atomic E-state index is 0.178. The third-order valence-corrected chi connectivity index (χ3v) is 4.70. The Labute approximate surface area is 122 Å². The second kappa shape index (κ2) is 6.43. The van der Waals surface area contributed by atoms with Crippen molar-refractivity contribution in [2.24, 2.45) is 0 Å². The van der Waals surface area contributed by atoms with Gasteiger partial charge in [-0.3, -0.25) is 0 Å². The molecule has 20 heavy (non-hydrogen) atoms. The van der Waals surface area contributed by atoms with E-state index in [1.807, 2.05) is 0 Å². The fraction of sp³-hybridized carbons (Fsp3) is 0.556. The molecule has 3 rings (SSSR count). The zero-order valence-corrected chi connectivity index (χ0v) is 12.2. The summed E-state index contributed by atoms with van der Waals surface area (Å²) in [7, 11) is 0. The Hall–Kier alpha value is -1.30. The molecule has 0 unspecified atom stereocenters. The predicted molar refractivity (Wildman–Crippen MR) is 80.7 cm³/mol. The fourth-order valence-corrected chi connectivity index (χ4v) is 3.53. The minimum atomic E-state index is 0.178. The van der Waals surface area contributed by atoms with Crippen molar-refractivity contribution >= 4 is 0 Å². The first-order valence-electron chi connectivity index (χ1n) is 7.90. The summed E-state index contributed by atoms with van der Waals surface area (Å²) in [6.45, 7) is 4.02. The average molecular weight is 270 g/mol. The first-order valence-corrected chi connectivity index (χ1v) is 7.90. The SMILES string of the molecule is C(#CC1([NH+]2CCOCC2)CCCCC1)c1ccccc1. The van der Waals surface area contributed by atoms with Crippen LogP contribution in [0.15, 0.2) is 30.3 Å². The summed E-state index contributed by atoms with van der Waals surface area (Å²) in [6, 6.07) is 10.4. The highest BCUT2D eigenvalue weighted by Gasteiger charge is 2.41. The summed E-state index contributed by atoms with van der Waals surface area (Å²) >= 11 is 0. The number of quaternary nitrogens is 1. The Bertz CT molecular complexity index is 473. The van der Waals surface area contributed by atoms with Gasteiger partial charge in [0, 0.05) is 18.4 Å². The van der Waals surface area contributed by atoms with Gasteiger partial charge < -0.3 is 9.64 Å². The van der Waals surface area contributed by atoms with Gasteiger partial charge >= 0.3 is 0 Å². The highest BCUT2D eigenvalue weighted by Crippen LogP contribution is 2.25. The number of morpholine rings is 1.